The topological polar surface area (TPSA) is 59.9 Å². The van der Waals surface area contributed by atoms with Crippen molar-refractivity contribution < 1.29 is 17.9 Å². The maximum absolute atomic E-state index is 12.9. The van der Waals surface area contributed by atoms with E-state index in [1.807, 2.05) is 13.0 Å². The zero-order valence-electron chi connectivity index (χ0n) is 14.4. The Hall–Kier alpha value is -2.90. The first kappa shape index (κ1) is 20.4. The monoisotopic (exact) mass is 378 g/mol. The molecule has 1 atom stereocenters. The number of halogens is 3. The van der Waals surface area contributed by atoms with E-state index >= 15 is 0 Å². The summed E-state index contributed by atoms with van der Waals surface area (Å²) in [7, 11) is 1.51. The number of nitrogens with zero attached hydrogens (tertiary/aromatic N) is 3. The molecule has 0 saturated heterocycles. The molecular formula is C19H21F3N4O. The summed E-state index contributed by atoms with van der Waals surface area (Å²) in [6.45, 7) is 3.56. The Balaban J connectivity index is 0.00000261. The van der Waals surface area contributed by atoms with Crippen molar-refractivity contribution >= 4 is 16.7 Å². The van der Waals surface area contributed by atoms with E-state index in [2.05, 4.69) is 20.5 Å². The Morgan fingerprint density at radius 3 is 2.52 bits per heavy atom. The quantitative estimate of drug-likeness (QED) is 0.679. The molecule has 0 aliphatic rings. The van der Waals surface area contributed by atoms with E-state index in [0.717, 1.165) is 17.5 Å². The highest BCUT2D eigenvalue weighted by atomic mass is 19.4. The van der Waals surface area contributed by atoms with Crippen LogP contribution in [-0.2, 0) is 6.18 Å². The van der Waals surface area contributed by atoms with Gasteiger partial charge in [0.2, 0.25) is 5.88 Å². The van der Waals surface area contributed by atoms with Crippen molar-refractivity contribution in [2.45, 2.75) is 33.5 Å². The van der Waals surface area contributed by atoms with Gasteiger partial charge in [-0.2, -0.15) is 18.3 Å². The number of ether oxygens (including phenoxy) is 1. The van der Waals surface area contributed by atoms with Crippen LogP contribution in [0, 0.1) is 6.92 Å². The number of rotatable bonds is 4. The molecule has 0 spiro atoms. The van der Waals surface area contributed by atoms with Gasteiger partial charge in [-0.3, -0.25) is 0 Å². The van der Waals surface area contributed by atoms with Crippen molar-refractivity contribution in [3.63, 3.8) is 0 Å². The predicted octanol–water partition coefficient (Wildman–Crippen LogP) is 5.17. The summed E-state index contributed by atoms with van der Waals surface area (Å²) < 4.78 is 43.9. The minimum atomic E-state index is -4.39. The number of methoxy groups -OCH3 is 1. The number of nitrogens with one attached hydrogen (secondary N) is 1. The van der Waals surface area contributed by atoms with Crippen LogP contribution in [0.3, 0.4) is 0 Å². The lowest BCUT2D eigenvalue weighted by Crippen LogP contribution is -2.12. The Bertz CT molecular complexity index is 944. The molecule has 1 aromatic carbocycles. The van der Waals surface area contributed by atoms with E-state index < -0.39 is 17.8 Å². The molecule has 144 valence electrons. The number of hydrogen-bond donors (Lipinski definition) is 1. The Kier molecular flexibility index (Phi) is 5.88. The van der Waals surface area contributed by atoms with E-state index in [1.54, 1.807) is 19.1 Å². The summed E-state index contributed by atoms with van der Waals surface area (Å²) in [5, 5.41) is 12.1. The van der Waals surface area contributed by atoms with E-state index in [4.69, 9.17) is 4.74 Å². The first-order valence-electron chi connectivity index (χ1n) is 7.91. The van der Waals surface area contributed by atoms with E-state index in [-0.39, 0.29) is 7.43 Å². The standard InChI is InChI=1S/C18H17F3N4O.CH4/c1-10(12-5-4-6-13(9-12)18(19,20)21)22-17-16-14(11(2)24-25-17)7-8-15(23-16)26-3;/h4-10H,1-3H3,(H,22,25);1H4. The molecule has 0 bridgehead atoms. The number of pyridine rings is 1. The molecule has 0 aliphatic carbocycles. The van der Waals surface area contributed by atoms with Crippen LogP contribution in [0.1, 0.15) is 37.2 Å². The predicted molar refractivity (Wildman–Crippen MR) is 98.8 cm³/mol. The molecule has 0 fully saturated rings. The maximum atomic E-state index is 12.9. The number of anilines is 1. The minimum absolute atomic E-state index is 0. The molecule has 1 N–H and O–H groups in total. The molecule has 2 aromatic heterocycles. The Morgan fingerprint density at radius 2 is 1.85 bits per heavy atom. The van der Waals surface area contributed by atoms with E-state index in [9.17, 15) is 13.2 Å². The van der Waals surface area contributed by atoms with Gasteiger partial charge in [0.25, 0.3) is 0 Å². The van der Waals surface area contributed by atoms with Gasteiger partial charge in [0.1, 0.15) is 5.52 Å². The molecule has 1 unspecified atom stereocenters. The lowest BCUT2D eigenvalue weighted by molar-refractivity contribution is -0.137. The summed E-state index contributed by atoms with van der Waals surface area (Å²) in [5.74, 6) is 0.800. The summed E-state index contributed by atoms with van der Waals surface area (Å²) in [4.78, 5) is 4.39. The smallest absolute Gasteiger partial charge is 0.416 e. The molecule has 27 heavy (non-hydrogen) atoms. The van der Waals surface area contributed by atoms with Crippen molar-refractivity contribution in [3.05, 3.63) is 53.2 Å². The zero-order chi connectivity index (χ0) is 18.9. The molecule has 2 heterocycles. The van der Waals surface area contributed by atoms with Crippen LogP contribution in [0.4, 0.5) is 19.0 Å². The van der Waals surface area contributed by atoms with Crippen LogP contribution in [0.25, 0.3) is 10.9 Å². The first-order chi connectivity index (χ1) is 12.3. The number of fused-ring (bicyclic) bond motifs is 1. The Morgan fingerprint density at radius 1 is 1.11 bits per heavy atom. The fourth-order valence-corrected chi connectivity index (χ4v) is 2.62. The summed E-state index contributed by atoms with van der Waals surface area (Å²) >= 11 is 0. The highest BCUT2D eigenvalue weighted by molar-refractivity contribution is 5.89. The number of hydrogen-bond acceptors (Lipinski definition) is 5. The van der Waals surface area contributed by atoms with Gasteiger partial charge < -0.3 is 10.1 Å². The van der Waals surface area contributed by atoms with Gasteiger partial charge in [0.15, 0.2) is 5.82 Å². The van der Waals surface area contributed by atoms with Gasteiger partial charge in [0.05, 0.1) is 24.4 Å². The van der Waals surface area contributed by atoms with Crippen LogP contribution in [-0.4, -0.2) is 22.3 Å². The molecule has 3 aromatic rings. The molecule has 0 amide bonds. The third-order valence-corrected chi connectivity index (χ3v) is 4.06. The van der Waals surface area contributed by atoms with Gasteiger partial charge in [-0.1, -0.05) is 19.6 Å². The molecule has 0 aliphatic heterocycles. The van der Waals surface area contributed by atoms with Gasteiger partial charge in [-0.05, 0) is 37.6 Å². The third-order valence-electron chi connectivity index (χ3n) is 4.06. The lowest BCUT2D eigenvalue weighted by atomic mass is 10.0. The SMILES string of the molecule is C.COc1ccc2c(C)nnc(NC(C)c3cccc(C(F)(F)F)c3)c2n1. The number of benzene rings is 1. The van der Waals surface area contributed by atoms with Crippen LogP contribution in [0.15, 0.2) is 36.4 Å². The number of alkyl halides is 3. The zero-order valence-corrected chi connectivity index (χ0v) is 14.4. The fourth-order valence-electron chi connectivity index (χ4n) is 2.62. The highest BCUT2D eigenvalue weighted by Crippen LogP contribution is 2.32. The van der Waals surface area contributed by atoms with Crippen LogP contribution in [0.5, 0.6) is 5.88 Å². The number of aromatic nitrogens is 3. The van der Waals surface area contributed by atoms with Gasteiger partial charge >= 0.3 is 6.18 Å². The second kappa shape index (κ2) is 7.77. The van der Waals surface area contributed by atoms with Gasteiger partial charge in [0, 0.05) is 11.5 Å². The molecule has 0 saturated carbocycles. The second-order valence-corrected chi connectivity index (χ2v) is 5.87. The van der Waals surface area contributed by atoms with Crippen molar-refractivity contribution in [2.75, 3.05) is 12.4 Å². The first-order valence-corrected chi connectivity index (χ1v) is 7.91. The fraction of sp³-hybridized carbons (Fsp3) is 0.316. The third kappa shape index (κ3) is 4.27. The average molecular weight is 378 g/mol. The summed E-state index contributed by atoms with van der Waals surface area (Å²) in [6.07, 6.45) is -4.39. The van der Waals surface area contributed by atoms with Crippen LogP contribution < -0.4 is 10.1 Å². The molecule has 5 nitrogen and oxygen atoms in total. The molecule has 8 heteroatoms. The van der Waals surface area contributed by atoms with Crippen LogP contribution in [0.2, 0.25) is 0 Å². The van der Waals surface area contributed by atoms with Crippen LogP contribution >= 0.6 is 0 Å². The normalized spacial score (nSPS) is 12.4. The van der Waals surface area contributed by atoms with Gasteiger partial charge in [-0.25, -0.2) is 4.98 Å². The Labute approximate surface area is 155 Å². The van der Waals surface area contributed by atoms with Crippen molar-refractivity contribution in [1.82, 2.24) is 15.2 Å². The van der Waals surface area contributed by atoms with Crippen molar-refractivity contribution in [3.8, 4) is 5.88 Å². The maximum Gasteiger partial charge on any atom is 0.416 e. The highest BCUT2D eigenvalue weighted by Gasteiger charge is 2.30. The lowest BCUT2D eigenvalue weighted by Gasteiger charge is -2.17. The minimum Gasteiger partial charge on any atom is -0.481 e. The number of aryl methyl sites for hydroxylation is 1. The summed E-state index contributed by atoms with van der Waals surface area (Å²) in [6, 6.07) is 8.30. The molecule has 0 radical (unpaired) electrons. The molecular weight excluding hydrogens is 357 g/mol. The second-order valence-electron chi connectivity index (χ2n) is 5.87. The summed E-state index contributed by atoms with van der Waals surface area (Å²) in [5.41, 5.74) is 1.05. The average Bonchev–Trinajstić information content (AvgIpc) is 2.63. The van der Waals surface area contributed by atoms with E-state index in [0.29, 0.717) is 28.5 Å². The van der Waals surface area contributed by atoms with Crippen molar-refractivity contribution in [2.24, 2.45) is 0 Å². The van der Waals surface area contributed by atoms with Gasteiger partial charge in [-0.15, -0.1) is 5.10 Å². The molecule has 3 rings (SSSR count). The largest absolute Gasteiger partial charge is 0.481 e. The van der Waals surface area contributed by atoms with Crippen molar-refractivity contribution in [1.29, 1.82) is 0 Å². The van der Waals surface area contributed by atoms with E-state index in [1.165, 1.54) is 13.2 Å².